The van der Waals surface area contributed by atoms with Crippen LogP contribution in [0.2, 0.25) is 0 Å². The molecule has 1 amide bonds. The lowest BCUT2D eigenvalue weighted by Gasteiger charge is -2.33. The van der Waals surface area contributed by atoms with Gasteiger partial charge in [0, 0.05) is 52.4 Å². The Morgan fingerprint density at radius 2 is 2.15 bits per heavy atom. The number of thiophene rings is 1. The van der Waals surface area contributed by atoms with E-state index in [-0.39, 0.29) is 24.2 Å². The lowest BCUT2D eigenvalue weighted by Crippen LogP contribution is -2.48. The van der Waals surface area contributed by atoms with Crippen LogP contribution in [0.5, 0.6) is 0 Å². The van der Waals surface area contributed by atoms with E-state index in [1.807, 2.05) is 5.38 Å². The van der Waals surface area contributed by atoms with Crippen LogP contribution in [-0.4, -0.2) is 73.1 Å². The van der Waals surface area contributed by atoms with Gasteiger partial charge in [-0.1, -0.05) is 0 Å². The molecular weight excluding hydrogens is 384 g/mol. The molecule has 2 aliphatic heterocycles. The van der Waals surface area contributed by atoms with Crippen molar-refractivity contribution in [3.05, 3.63) is 17.8 Å². The average molecular weight is 411 g/mol. The molecule has 2 N–H and O–H groups in total. The normalized spacial score (nSPS) is 21.0. The van der Waals surface area contributed by atoms with Crippen LogP contribution in [-0.2, 0) is 4.79 Å². The quantitative estimate of drug-likeness (QED) is 0.775. The van der Waals surface area contributed by atoms with Gasteiger partial charge in [-0.2, -0.15) is 0 Å². The zero-order valence-electron chi connectivity index (χ0n) is 15.4. The molecule has 2 fully saturated rings. The number of hydrogen-bond donors (Lipinski definition) is 2. The number of carbonyl (C=O) groups is 1. The number of fused-ring (bicyclic) bond motifs is 1. The predicted octanol–water partition coefficient (Wildman–Crippen LogP) is 1.35. The van der Waals surface area contributed by atoms with Crippen LogP contribution in [0.15, 0.2) is 17.8 Å². The summed E-state index contributed by atoms with van der Waals surface area (Å²) in [5.41, 5.74) is 0. The lowest BCUT2D eigenvalue weighted by atomic mass is 9.97. The molecule has 0 spiro atoms. The standard InChI is InChI=1S/C18H26N6OS.ClH/c25-17(20-6-10-23-8-4-19-5-9-23)14-2-1-7-24(12-14)16-15-3-11-26-18(15)22-13-21-16;/h3,11,13-14,19H,1-2,4-10,12H2,(H,20,25);1H. The summed E-state index contributed by atoms with van der Waals surface area (Å²) in [6, 6.07) is 2.08. The van der Waals surface area contributed by atoms with Crippen LogP contribution in [0.25, 0.3) is 10.2 Å². The highest BCUT2D eigenvalue weighted by atomic mass is 35.5. The molecule has 1 atom stereocenters. The van der Waals surface area contributed by atoms with Gasteiger partial charge in [-0.25, -0.2) is 9.97 Å². The van der Waals surface area contributed by atoms with Crippen molar-refractivity contribution in [1.29, 1.82) is 0 Å². The predicted molar refractivity (Wildman–Crippen MR) is 112 cm³/mol. The number of nitrogens with zero attached hydrogens (tertiary/aromatic N) is 4. The molecule has 27 heavy (non-hydrogen) atoms. The highest BCUT2D eigenvalue weighted by Gasteiger charge is 2.27. The van der Waals surface area contributed by atoms with Gasteiger partial charge in [0.05, 0.1) is 11.3 Å². The number of piperidine rings is 1. The third-order valence-electron chi connectivity index (χ3n) is 5.27. The van der Waals surface area contributed by atoms with Crippen molar-refractivity contribution >= 4 is 45.7 Å². The Morgan fingerprint density at radius 3 is 3.00 bits per heavy atom. The van der Waals surface area contributed by atoms with Crippen LogP contribution in [0, 0.1) is 5.92 Å². The Balaban J connectivity index is 0.00000210. The fourth-order valence-electron chi connectivity index (χ4n) is 3.83. The largest absolute Gasteiger partial charge is 0.355 e. The van der Waals surface area contributed by atoms with Crippen molar-refractivity contribution in [2.24, 2.45) is 5.92 Å². The van der Waals surface area contributed by atoms with E-state index < -0.39 is 0 Å². The maximum atomic E-state index is 12.6. The van der Waals surface area contributed by atoms with Crippen molar-refractivity contribution in [1.82, 2.24) is 25.5 Å². The van der Waals surface area contributed by atoms with E-state index in [1.165, 1.54) is 0 Å². The first-order valence-electron chi connectivity index (χ1n) is 9.45. The minimum absolute atomic E-state index is 0. The molecule has 148 valence electrons. The van der Waals surface area contributed by atoms with Gasteiger partial charge in [-0.3, -0.25) is 9.69 Å². The number of hydrogen-bond acceptors (Lipinski definition) is 7. The highest BCUT2D eigenvalue weighted by molar-refractivity contribution is 7.16. The third-order valence-corrected chi connectivity index (χ3v) is 6.09. The Hall–Kier alpha value is -1.48. The number of anilines is 1. The van der Waals surface area contributed by atoms with E-state index in [4.69, 9.17) is 0 Å². The molecular formula is C18H27ClN6OS. The first-order chi connectivity index (χ1) is 12.8. The van der Waals surface area contributed by atoms with E-state index >= 15 is 0 Å². The van der Waals surface area contributed by atoms with E-state index in [0.29, 0.717) is 0 Å². The van der Waals surface area contributed by atoms with E-state index in [1.54, 1.807) is 17.7 Å². The van der Waals surface area contributed by atoms with E-state index in [0.717, 1.165) is 81.2 Å². The SMILES string of the molecule is Cl.O=C(NCCN1CCNCC1)C1CCCN(c2ncnc3sccc23)C1. The molecule has 4 heterocycles. The molecule has 2 aromatic heterocycles. The van der Waals surface area contributed by atoms with Gasteiger partial charge in [0.25, 0.3) is 0 Å². The number of aromatic nitrogens is 2. The van der Waals surface area contributed by atoms with E-state index in [2.05, 4.69) is 36.5 Å². The van der Waals surface area contributed by atoms with Gasteiger partial charge in [0.15, 0.2) is 0 Å². The molecule has 0 aliphatic carbocycles. The van der Waals surface area contributed by atoms with Crippen molar-refractivity contribution in [3.8, 4) is 0 Å². The fraction of sp³-hybridized carbons (Fsp3) is 0.611. The highest BCUT2D eigenvalue weighted by Crippen LogP contribution is 2.29. The molecule has 1 unspecified atom stereocenters. The molecule has 9 heteroatoms. The smallest absolute Gasteiger partial charge is 0.224 e. The lowest BCUT2D eigenvalue weighted by molar-refractivity contribution is -0.125. The van der Waals surface area contributed by atoms with Gasteiger partial charge < -0.3 is 15.5 Å². The molecule has 7 nitrogen and oxygen atoms in total. The summed E-state index contributed by atoms with van der Waals surface area (Å²) in [5, 5.41) is 9.64. The van der Waals surface area contributed by atoms with Crippen molar-refractivity contribution in [2.75, 3.05) is 57.3 Å². The number of halogens is 1. The Bertz CT molecular complexity index is 750. The second-order valence-electron chi connectivity index (χ2n) is 7.00. The van der Waals surface area contributed by atoms with Gasteiger partial charge >= 0.3 is 0 Å². The summed E-state index contributed by atoms with van der Waals surface area (Å²) in [6.45, 7) is 7.58. The second-order valence-corrected chi connectivity index (χ2v) is 7.90. The van der Waals surface area contributed by atoms with Crippen LogP contribution < -0.4 is 15.5 Å². The summed E-state index contributed by atoms with van der Waals surface area (Å²) in [7, 11) is 0. The minimum Gasteiger partial charge on any atom is -0.355 e. The zero-order valence-corrected chi connectivity index (χ0v) is 17.0. The molecule has 2 saturated heterocycles. The molecule has 2 aliphatic rings. The monoisotopic (exact) mass is 410 g/mol. The third kappa shape index (κ3) is 4.87. The average Bonchev–Trinajstić information content (AvgIpc) is 3.18. The summed E-state index contributed by atoms with van der Waals surface area (Å²) in [5.74, 6) is 1.19. The van der Waals surface area contributed by atoms with Crippen LogP contribution in [0.1, 0.15) is 12.8 Å². The first-order valence-corrected chi connectivity index (χ1v) is 10.3. The maximum absolute atomic E-state index is 12.6. The zero-order chi connectivity index (χ0) is 17.8. The summed E-state index contributed by atoms with van der Waals surface area (Å²) >= 11 is 1.63. The first kappa shape index (κ1) is 20.3. The van der Waals surface area contributed by atoms with Crippen molar-refractivity contribution < 1.29 is 4.79 Å². The molecule has 2 aromatic rings. The van der Waals surface area contributed by atoms with Gasteiger partial charge in [-0.05, 0) is 24.3 Å². The van der Waals surface area contributed by atoms with E-state index in [9.17, 15) is 4.79 Å². The fourth-order valence-corrected chi connectivity index (χ4v) is 4.56. The summed E-state index contributed by atoms with van der Waals surface area (Å²) < 4.78 is 0. The van der Waals surface area contributed by atoms with Crippen molar-refractivity contribution in [2.45, 2.75) is 12.8 Å². The Kier molecular flexibility index (Phi) is 7.23. The number of amides is 1. The number of rotatable bonds is 5. The summed E-state index contributed by atoms with van der Waals surface area (Å²) in [4.78, 5) is 27.1. The number of piperazine rings is 1. The molecule has 0 saturated carbocycles. The molecule has 0 aromatic carbocycles. The molecule has 0 radical (unpaired) electrons. The minimum atomic E-state index is 0. The maximum Gasteiger partial charge on any atom is 0.224 e. The second kappa shape index (κ2) is 9.64. The van der Waals surface area contributed by atoms with Crippen LogP contribution in [0.3, 0.4) is 0 Å². The van der Waals surface area contributed by atoms with Gasteiger partial charge in [-0.15, -0.1) is 23.7 Å². The number of nitrogens with one attached hydrogen (secondary N) is 2. The van der Waals surface area contributed by atoms with Crippen LogP contribution >= 0.6 is 23.7 Å². The topological polar surface area (TPSA) is 73.4 Å². The summed E-state index contributed by atoms with van der Waals surface area (Å²) in [6.07, 6.45) is 3.60. The Morgan fingerprint density at radius 1 is 1.30 bits per heavy atom. The number of carbonyl (C=O) groups excluding carboxylic acids is 1. The molecule has 4 rings (SSSR count). The molecule has 0 bridgehead atoms. The Labute approximate surface area is 169 Å². The van der Waals surface area contributed by atoms with Gasteiger partial charge in [0.2, 0.25) is 5.91 Å². The van der Waals surface area contributed by atoms with Gasteiger partial charge in [0.1, 0.15) is 17.0 Å². The van der Waals surface area contributed by atoms with Crippen molar-refractivity contribution in [3.63, 3.8) is 0 Å². The van der Waals surface area contributed by atoms with Crippen LogP contribution in [0.4, 0.5) is 5.82 Å².